The molecule has 0 spiro atoms. The Morgan fingerprint density at radius 1 is 0.895 bits per heavy atom. The Morgan fingerprint density at radius 2 is 1.42 bits per heavy atom. The van der Waals surface area contributed by atoms with Gasteiger partial charge in [-0.25, -0.2) is 0 Å². The minimum atomic E-state index is -0.504. The van der Waals surface area contributed by atoms with E-state index in [-0.39, 0.29) is 5.91 Å². The van der Waals surface area contributed by atoms with Crippen LogP contribution >= 0.6 is 0 Å². The Balaban J connectivity index is 2.22. The first-order chi connectivity index (χ1) is 9.09. The van der Waals surface area contributed by atoms with Crippen molar-refractivity contribution in [2.45, 2.75) is 0 Å². The molecule has 0 saturated heterocycles. The molecule has 96 valence electrons. The van der Waals surface area contributed by atoms with E-state index in [0.29, 0.717) is 11.1 Å². The molecule has 4 nitrogen and oxygen atoms in total. The van der Waals surface area contributed by atoms with E-state index in [4.69, 9.17) is 5.73 Å². The van der Waals surface area contributed by atoms with Crippen LogP contribution in [-0.2, 0) is 0 Å². The number of hydrogen-bond acceptors (Lipinski definition) is 2. The maximum atomic E-state index is 12.2. The van der Waals surface area contributed by atoms with Gasteiger partial charge in [-0.15, -0.1) is 0 Å². The van der Waals surface area contributed by atoms with Gasteiger partial charge in [-0.1, -0.05) is 18.2 Å². The Kier molecular flexibility index (Phi) is 3.61. The van der Waals surface area contributed by atoms with E-state index >= 15 is 0 Å². The molecular weight excluding hydrogens is 240 g/mol. The fraction of sp³-hybridized carbons (Fsp3) is 0.0667. The Hall–Kier alpha value is -2.62. The van der Waals surface area contributed by atoms with E-state index in [0.717, 1.165) is 5.69 Å². The van der Waals surface area contributed by atoms with E-state index in [1.54, 1.807) is 36.2 Å². The zero-order valence-corrected chi connectivity index (χ0v) is 10.5. The lowest BCUT2D eigenvalue weighted by molar-refractivity contribution is 0.0984. The first-order valence-electron chi connectivity index (χ1n) is 5.82. The van der Waals surface area contributed by atoms with Crippen molar-refractivity contribution in [2.75, 3.05) is 11.9 Å². The summed E-state index contributed by atoms with van der Waals surface area (Å²) in [5.74, 6) is -0.641. The molecular formula is C15H14N2O2. The summed E-state index contributed by atoms with van der Waals surface area (Å²) in [4.78, 5) is 24.8. The van der Waals surface area contributed by atoms with Gasteiger partial charge < -0.3 is 10.6 Å². The number of para-hydroxylation sites is 1. The van der Waals surface area contributed by atoms with Crippen LogP contribution in [0.5, 0.6) is 0 Å². The van der Waals surface area contributed by atoms with Crippen LogP contribution in [0.4, 0.5) is 5.69 Å². The van der Waals surface area contributed by atoms with Crippen molar-refractivity contribution in [1.82, 2.24) is 0 Å². The molecule has 0 fully saturated rings. The van der Waals surface area contributed by atoms with Crippen molar-refractivity contribution in [3.8, 4) is 0 Å². The van der Waals surface area contributed by atoms with Crippen LogP contribution in [0, 0.1) is 0 Å². The molecule has 0 aliphatic carbocycles. The zero-order chi connectivity index (χ0) is 13.8. The predicted molar refractivity (Wildman–Crippen MR) is 74.1 cm³/mol. The highest BCUT2D eigenvalue weighted by atomic mass is 16.2. The monoisotopic (exact) mass is 254 g/mol. The normalized spacial score (nSPS) is 9.95. The number of nitrogens with two attached hydrogens (primary N) is 1. The lowest BCUT2D eigenvalue weighted by atomic mass is 10.1. The summed E-state index contributed by atoms with van der Waals surface area (Å²) in [6.07, 6.45) is 0. The molecule has 0 atom stereocenters. The Labute approximate surface area is 111 Å². The number of carbonyl (C=O) groups excluding carboxylic acids is 2. The lowest BCUT2D eigenvalue weighted by Crippen LogP contribution is -2.26. The third-order valence-corrected chi connectivity index (χ3v) is 2.86. The number of nitrogens with zero attached hydrogens (tertiary/aromatic N) is 1. The largest absolute Gasteiger partial charge is 0.366 e. The van der Waals surface area contributed by atoms with Crippen LogP contribution in [0.15, 0.2) is 54.6 Å². The molecule has 2 aromatic rings. The molecule has 2 rings (SSSR count). The molecule has 0 aliphatic rings. The maximum absolute atomic E-state index is 12.2. The number of rotatable bonds is 3. The number of carbonyl (C=O) groups is 2. The van der Waals surface area contributed by atoms with E-state index in [2.05, 4.69) is 0 Å². The molecule has 2 N–H and O–H groups in total. The second kappa shape index (κ2) is 5.35. The predicted octanol–water partition coefficient (Wildman–Crippen LogP) is 2.06. The van der Waals surface area contributed by atoms with Gasteiger partial charge in [0.1, 0.15) is 0 Å². The zero-order valence-electron chi connectivity index (χ0n) is 10.5. The molecule has 0 heterocycles. The SMILES string of the molecule is CN(C(=O)c1ccc(C(N)=O)cc1)c1ccccc1. The van der Waals surface area contributed by atoms with Crippen molar-refractivity contribution >= 4 is 17.5 Å². The molecule has 0 aromatic heterocycles. The first-order valence-corrected chi connectivity index (χ1v) is 5.82. The second-order valence-electron chi connectivity index (χ2n) is 4.14. The highest BCUT2D eigenvalue weighted by Crippen LogP contribution is 2.15. The second-order valence-corrected chi connectivity index (χ2v) is 4.14. The van der Waals surface area contributed by atoms with Crippen molar-refractivity contribution in [2.24, 2.45) is 5.73 Å². The van der Waals surface area contributed by atoms with E-state index < -0.39 is 5.91 Å². The summed E-state index contributed by atoms with van der Waals surface area (Å²) in [6, 6.07) is 15.6. The lowest BCUT2D eigenvalue weighted by Gasteiger charge is -2.17. The first kappa shape index (κ1) is 12.8. The van der Waals surface area contributed by atoms with Crippen LogP contribution in [-0.4, -0.2) is 18.9 Å². The molecule has 2 amide bonds. The van der Waals surface area contributed by atoms with Crippen LogP contribution < -0.4 is 10.6 Å². The third-order valence-electron chi connectivity index (χ3n) is 2.86. The smallest absolute Gasteiger partial charge is 0.258 e. The van der Waals surface area contributed by atoms with Crippen LogP contribution in [0.2, 0.25) is 0 Å². The highest BCUT2D eigenvalue weighted by molar-refractivity contribution is 6.06. The molecule has 19 heavy (non-hydrogen) atoms. The number of amides is 2. The van der Waals surface area contributed by atoms with Gasteiger partial charge >= 0.3 is 0 Å². The van der Waals surface area contributed by atoms with Gasteiger partial charge in [0.2, 0.25) is 5.91 Å². The van der Waals surface area contributed by atoms with Gasteiger partial charge in [0.15, 0.2) is 0 Å². The van der Waals surface area contributed by atoms with Crippen molar-refractivity contribution in [3.05, 3.63) is 65.7 Å². The summed E-state index contributed by atoms with van der Waals surface area (Å²) < 4.78 is 0. The summed E-state index contributed by atoms with van der Waals surface area (Å²) in [5.41, 5.74) is 6.87. The van der Waals surface area contributed by atoms with Crippen LogP contribution in [0.1, 0.15) is 20.7 Å². The standard InChI is InChI=1S/C15H14N2O2/c1-17(13-5-3-2-4-6-13)15(19)12-9-7-11(8-10-12)14(16)18/h2-10H,1H3,(H2,16,18). The molecule has 0 unspecified atom stereocenters. The Morgan fingerprint density at radius 3 is 1.95 bits per heavy atom. The molecule has 0 saturated carbocycles. The molecule has 4 heteroatoms. The highest BCUT2D eigenvalue weighted by Gasteiger charge is 2.13. The summed E-state index contributed by atoms with van der Waals surface area (Å²) in [6.45, 7) is 0. The fourth-order valence-corrected chi connectivity index (χ4v) is 1.74. The maximum Gasteiger partial charge on any atom is 0.258 e. The minimum absolute atomic E-state index is 0.137. The van der Waals surface area contributed by atoms with Gasteiger partial charge in [-0.3, -0.25) is 9.59 Å². The van der Waals surface area contributed by atoms with E-state index in [9.17, 15) is 9.59 Å². The van der Waals surface area contributed by atoms with Gasteiger partial charge in [-0.05, 0) is 36.4 Å². The average Bonchev–Trinajstić information content (AvgIpc) is 2.46. The summed E-state index contributed by atoms with van der Waals surface area (Å²) in [5, 5.41) is 0. The van der Waals surface area contributed by atoms with Gasteiger partial charge in [0.05, 0.1) is 0 Å². The van der Waals surface area contributed by atoms with Gasteiger partial charge in [0, 0.05) is 23.9 Å². The topological polar surface area (TPSA) is 63.4 Å². The summed E-state index contributed by atoms with van der Waals surface area (Å²) in [7, 11) is 1.71. The number of primary amides is 1. The van der Waals surface area contributed by atoms with Crippen LogP contribution in [0.3, 0.4) is 0 Å². The molecule has 0 aliphatic heterocycles. The fourth-order valence-electron chi connectivity index (χ4n) is 1.74. The minimum Gasteiger partial charge on any atom is -0.366 e. The molecule has 2 aromatic carbocycles. The van der Waals surface area contributed by atoms with E-state index in [1.807, 2.05) is 30.3 Å². The average molecular weight is 254 g/mol. The Bertz CT molecular complexity index is 591. The number of benzene rings is 2. The number of anilines is 1. The van der Waals surface area contributed by atoms with Gasteiger partial charge in [0.25, 0.3) is 5.91 Å². The van der Waals surface area contributed by atoms with Crippen molar-refractivity contribution < 1.29 is 9.59 Å². The van der Waals surface area contributed by atoms with Gasteiger partial charge in [-0.2, -0.15) is 0 Å². The molecule has 0 bridgehead atoms. The quantitative estimate of drug-likeness (QED) is 0.911. The molecule has 0 radical (unpaired) electrons. The van der Waals surface area contributed by atoms with Crippen LogP contribution in [0.25, 0.3) is 0 Å². The third kappa shape index (κ3) is 2.80. The van der Waals surface area contributed by atoms with Crippen molar-refractivity contribution in [1.29, 1.82) is 0 Å². The summed E-state index contributed by atoms with van der Waals surface area (Å²) >= 11 is 0. The number of hydrogen-bond donors (Lipinski definition) is 1. The van der Waals surface area contributed by atoms with Crippen molar-refractivity contribution in [3.63, 3.8) is 0 Å². The van der Waals surface area contributed by atoms with E-state index in [1.165, 1.54) is 0 Å².